The number of aromatic amines is 1. The molecule has 0 unspecified atom stereocenters. The topological polar surface area (TPSA) is 55.0 Å². The summed E-state index contributed by atoms with van der Waals surface area (Å²) in [6, 6.07) is 8.74. The van der Waals surface area contributed by atoms with Gasteiger partial charge in [0.15, 0.2) is 0 Å². The molecule has 1 aromatic carbocycles. The van der Waals surface area contributed by atoms with Crippen molar-refractivity contribution in [2.24, 2.45) is 0 Å². The standard InChI is InChI=1S/C11H9ClN2O2/c1-16-9-5-3-2-4-7(9)8-6-10(12)13-14-11(8)15/h2-6H,1H3,(H,14,15). The fraction of sp³-hybridized carbons (Fsp3) is 0.0909. The third-order valence-electron chi connectivity index (χ3n) is 2.17. The van der Waals surface area contributed by atoms with Crippen LogP contribution in [-0.2, 0) is 0 Å². The second-order valence-electron chi connectivity index (χ2n) is 3.13. The van der Waals surface area contributed by atoms with E-state index in [9.17, 15) is 4.79 Å². The third kappa shape index (κ3) is 1.92. The number of benzene rings is 1. The number of ether oxygens (including phenoxy) is 1. The van der Waals surface area contributed by atoms with Crippen molar-refractivity contribution < 1.29 is 4.74 Å². The van der Waals surface area contributed by atoms with E-state index in [1.807, 2.05) is 12.1 Å². The van der Waals surface area contributed by atoms with Crippen molar-refractivity contribution in [2.45, 2.75) is 0 Å². The molecule has 0 atom stereocenters. The van der Waals surface area contributed by atoms with Crippen molar-refractivity contribution in [2.75, 3.05) is 7.11 Å². The molecule has 0 spiro atoms. The Kier molecular flexibility index (Phi) is 2.92. The van der Waals surface area contributed by atoms with Crippen LogP contribution < -0.4 is 10.3 Å². The number of para-hydroxylation sites is 1. The van der Waals surface area contributed by atoms with Gasteiger partial charge in [0.25, 0.3) is 5.56 Å². The highest BCUT2D eigenvalue weighted by molar-refractivity contribution is 6.29. The molecular formula is C11H9ClN2O2. The Bertz CT molecular complexity index is 566. The van der Waals surface area contributed by atoms with E-state index in [1.54, 1.807) is 19.2 Å². The molecule has 1 N–H and O–H groups in total. The van der Waals surface area contributed by atoms with Crippen molar-refractivity contribution in [3.63, 3.8) is 0 Å². The van der Waals surface area contributed by atoms with Gasteiger partial charge in [0.1, 0.15) is 10.9 Å². The quantitative estimate of drug-likeness (QED) is 0.869. The zero-order valence-corrected chi connectivity index (χ0v) is 9.28. The summed E-state index contributed by atoms with van der Waals surface area (Å²) < 4.78 is 5.18. The minimum atomic E-state index is -0.297. The molecule has 0 fully saturated rings. The summed E-state index contributed by atoms with van der Waals surface area (Å²) in [5.41, 5.74) is 0.835. The maximum atomic E-state index is 11.6. The maximum absolute atomic E-state index is 11.6. The number of nitrogens with one attached hydrogen (secondary N) is 1. The fourth-order valence-corrected chi connectivity index (χ4v) is 1.60. The minimum Gasteiger partial charge on any atom is -0.496 e. The SMILES string of the molecule is COc1ccccc1-c1cc(Cl)n[nH]c1=O. The van der Waals surface area contributed by atoms with Crippen LogP contribution in [-0.4, -0.2) is 17.3 Å². The van der Waals surface area contributed by atoms with Gasteiger partial charge in [-0.25, -0.2) is 5.10 Å². The van der Waals surface area contributed by atoms with Gasteiger partial charge in [-0.3, -0.25) is 4.79 Å². The molecule has 0 saturated carbocycles. The van der Waals surface area contributed by atoms with Gasteiger partial charge in [-0.05, 0) is 12.1 Å². The fourth-order valence-electron chi connectivity index (χ4n) is 1.45. The Morgan fingerprint density at radius 2 is 2.06 bits per heavy atom. The van der Waals surface area contributed by atoms with Crippen molar-refractivity contribution in [3.05, 3.63) is 45.8 Å². The van der Waals surface area contributed by atoms with E-state index in [1.165, 1.54) is 6.07 Å². The van der Waals surface area contributed by atoms with Gasteiger partial charge >= 0.3 is 0 Å². The van der Waals surface area contributed by atoms with Crippen LogP contribution in [0.5, 0.6) is 5.75 Å². The van der Waals surface area contributed by atoms with Crippen LogP contribution in [0.25, 0.3) is 11.1 Å². The first-order valence-corrected chi connectivity index (χ1v) is 4.99. The number of hydrogen-bond donors (Lipinski definition) is 1. The number of aromatic nitrogens is 2. The van der Waals surface area contributed by atoms with E-state index >= 15 is 0 Å². The van der Waals surface area contributed by atoms with Crippen LogP contribution in [0.3, 0.4) is 0 Å². The molecule has 2 aromatic rings. The molecule has 16 heavy (non-hydrogen) atoms. The summed E-state index contributed by atoms with van der Waals surface area (Å²) in [7, 11) is 1.55. The zero-order valence-electron chi connectivity index (χ0n) is 8.53. The molecule has 4 nitrogen and oxygen atoms in total. The molecule has 0 aliphatic heterocycles. The molecule has 0 radical (unpaired) electrons. The lowest BCUT2D eigenvalue weighted by Gasteiger charge is -2.06. The van der Waals surface area contributed by atoms with Crippen LogP contribution in [0.1, 0.15) is 0 Å². The van der Waals surface area contributed by atoms with Gasteiger partial charge in [0.2, 0.25) is 0 Å². The van der Waals surface area contributed by atoms with Crippen LogP contribution in [0.15, 0.2) is 35.1 Å². The summed E-state index contributed by atoms with van der Waals surface area (Å²) in [5.74, 6) is 0.621. The molecule has 0 saturated heterocycles. The van der Waals surface area contributed by atoms with Crippen LogP contribution in [0, 0.1) is 0 Å². The number of nitrogens with zero attached hydrogens (tertiary/aromatic N) is 1. The van der Waals surface area contributed by atoms with E-state index < -0.39 is 0 Å². The molecule has 2 rings (SSSR count). The Morgan fingerprint density at radius 3 is 2.81 bits per heavy atom. The lowest BCUT2D eigenvalue weighted by molar-refractivity contribution is 0.416. The second kappa shape index (κ2) is 4.37. The number of hydrogen-bond acceptors (Lipinski definition) is 3. The summed E-state index contributed by atoms with van der Waals surface area (Å²) >= 11 is 5.74. The molecule has 0 aliphatic rings. The third-order valence-corrected chi connectivity index (χ3v) is 2.36. The van der Waals surface area contributed by atoms with Gasteiger partial charge in [-0.15, -0.1) is 0 Å². The zero-order chi connectivity index (χ0) is 11.5. The number of rotatable bonds is 2. The monoisotopic (exact) mass is 236 g/mol. The Hall–Kier alpha value is -1.81. The number of methoxy groups -OCH3 is 1. The smallest absolute Gasteiger partial charge is 0.272 e. The van der Waals surface area contributed by atoms with Crippen LogP contribution >= 0.6 is 11.6 Å². The predicted molar refractivity (Wildman–Crippen MR) is 61.9 cm³/mol. The average molecular weight is 237 g/mol. The summed E-state index contributed by atoms with van der Waals surface area (Å²) in [5, 5.41) is 6.17. The predicted octanol–water partition coefficient (Wildman–Crippen LogP) is 2.10. The lowest BCUT2D eigenvalue weighted by Crippen LogP contribution is -2.10. The summed E-state index contributed by atoms with van der Waals surface area (Å²) in [6.45, 7) is 0. The normalized spacial score (nSPS) is 10.1. The first-order chi connectivity index (χ1) is 7.72. The summed E-state index contributed by atoms with van der Waals surface area (Å²) in [4.78, 5) is 11.6. The van der Waals surface area contributed by atoms with Crippen molar-refractivity contribution >= 4 is 11.6 Å². The van der Waals surface area contributed by atoms with Gasteiger partial charge in [-0.2, -0.15) is 5.10 Å². The summed E-state index contributed by atoms with van der Waals surface area (Å²) in [6.07, 6.45) is 0. The van der Waals surface area contributed by atoms with Crippen molar-refractivity contribution in [1.82, 2.24) is 10.2 Å². The van der Waals surface area contributed by atoms with Crippen LogP contribution in [0.2, 0.25) is 5.15 Å². The van der Waals surface area contributed by atoms with E-state index in [-0.39, 0.29) is 10.7 Å². The van der Waals surface area contributed by atoms with Gasteiger partial charge < -0.3 is 4.74 Å². The Balaban J connectivity index is 2.67. The molecule has 0 aliphatic carbocycles. The van der Waals surface area contributed by atoms with E-state index in [0.717, 1.165) is 0 Å². The molecule has 1 heterocycles. The molecule has 1 aromatic heterocycles. The second-order valence-corrected chi connectivity index (χ2v) is 3.52. The average Bonchev–Trinajstić information content (AvgIpc) is 2.32. The van der Waals surface area contributed by atoms with Gasteiger partial charge in [-0.1, -0.05) is 29.8 Å². The van der Waals surface area contributed by atoms with Crippen molar-refractivity contribution in [1.29, 1.82) is 0 Å². The molecule has 82 valence electrons. The largest absolute Gasteiger partial charge is 0.496 e. The number of halogens is 1. The lowest BCUT2D eigenvalue weighted by atomic mass is 10.1. The molecular weight excluding hydrogens is 228 g/mol. The molecule has 0 amide bonds. The molecule has 0 bridgehead atoms. The highest BCUT2D eigenvalue weighted by Gasteiger charge is 2.09. The Labute approximate surface area is 96.8 Å². The highest BCUT2D eigenvalue weighted by atomic mass is 35.5. The highest BCUT2D eigenvalue weighted by Crippen LogP contribution is 2.27. The van der Waals surface area contributed by atoms with E-state index in [4.69, 9.17) is 16.3 Å². The van der Waals surface area contributed by atoms with E-state index in [2.05, 4.69) is 10.2 Å². The van der Waals surface area contributed by atoms with Crippen molar-refractivity contribution in [3.8, 4) is 16.9 Å². The van der Waals surface area contributed by atoms with Crippen LogP contribution in [0.4, 0.5) is 0 Å². The number of H-pyrrole nitrogens is 1. The first-order valence-electron chi connectivity index (χ1n) is 4.61. The minimum absolute atomic E-state index is 0.237. The first kappa shape index (κ1) is 10.7. The Morgan fingerprint density at radius 1 is 1.31 bits per heavy atom. The molecule has 5 heteroatoms. The van der Waals surface area contributed by atoms with Gasteiger partial charge in [0, 0.05) is 5.56 Å². The maximum Gasteiger partial charge on any atom is 0.272 e. The van der Waals surface area contributed by atoms with Gasteiger partial charge in [0.05, 0.1) is 12.7 Å². The van der Waals surface area contributed by atoms with E-state index in [0.29, 0.717) is 16.9 Å².